The Morgan fingerprint density at radius 2 is 2.41 bits per heavy atom. The SMILES string of the molecule is O=Cc1cc(Br)cnc1N1CC(CCl)CC1=O. The van der Waals surface area contributed by atoms with E-state index in [0.29, 0.717) is 41.0 Å². The van der Waals surface area contributed by atoms with Gasteiger partial charge in [0.2, 0.25) is 5.91 Å². The molecule has 1 fully saturated rings. The van der Waals surface area contributed by atoms with Gasteiger partial charge in [-0.15, -0.1) is 11.6 Å². The van der Waals surface area contributed by atoms with Gasteiger partial charge in [-0.2, -0.15) is 0 Å². The molecule has 0 aromatic carbocycles. The van der Waals surface area contributed by atoms with Crippen LogP contribution in [0.25, 0.3) is 0 Å². The molecule has 2 heterocycles. The molecule has 0 aliphatic carbocycles. The van der Waals surface area contributed by atoms with E-state index in [1.807, 2.05) is 0 Å². The third-order valence-corrected chi connectivity index (χ3v) is 3.54. The number of rotatable bonds is 3. The van der Waals surface area contributed by atoms with E-state index < -0.39 is 0 Å². The molecule has 1 aliphatic rings. The first-order valence-corrected chi connectivity index (χ1v) is 6.45. The Hall–Kier alpha value is -0.940. The molecule has 1 aliphatic heterocycles. The van der Waals surface area contributed by atoms with E-state index in [0.717, 1.165) is 0 Å². The molecule has 1 saturated heterocycles. The summed E-state index contributed by atoms with van der Waals surface area (Å²) in [4.78, 5) is 28.4. The van der Waals surface area contributed by atoms with E-state index in [-0.39, 0.29) is 11.8 Å². The number of hydrogen-bond donors (Lipinski definition) is 0. The van der Waals surface area contributed by atoms with Crippen molar-refractivity contribution in [1.29, 1.82) is 0 Å². The number of carbonyl (C=O) groups is 2. The van der Waals surface area contributed by atoms with Crippen LogP contribution in [-0.4, -0.2) is 29.6 Å². The monoisotopic (exact) mass is 316 g/mol. The second-order valence-electron chi connectivity index (χ2n) is 3.91. The lowest BCUT2D eigenvalue weighted by atomic mass is 10.1. The highest BCUT2D eigenvalue weighted by Gasteiger charge is 2.31. The standard InChI is InChI=1S/C11H10BrClN2O2/c12-9-2-8(6-16)11(14-4-9)15-5-7(3-13)1-10(15)17/h2,4,6-7H,1,3,5H2. The first kappa shape index (κ1) is 12.5. The molecule has 0 spiro atoms. The van der Waals surface area contributed by atoms with Crippen molar-refractivity contribution in [2.75, 3.05) is 17.3 Å². The third-order valence-electron chi connectivity index (χ3n) is 2.67. The maximum Gasteiger partial charge on any atom is 0.228 e. The molecule has 2 rings (SSSR count). The van der Waals surface area contributed by atoms with Gasteiger partial charge in [-0.3, -0.25) is 14.5 Å². The van der Waals surface area contributed by atoms with Crippen molar-refractivity contribution in [2.45, 2.75) is 6.42 Å². The summed E-state index contributed by atoms with van der Waals surface area (Å²) in [5.74, 6) is 0.957. The summed E-state index contributed by atoms with van der Waals surface area (Å²) in [6, 6.07) is 1.65. The van der Waals surface area contributed by atoms with Crippen molar-refractivity contribution < 1.29 is 9.59 Å². The van der Waals surface area contributed by atoms with Gasteiger partial charge in [-0.25, -0.2) is 4.98 Å². The van der Waals surface area contributed by atoms with Gasteiger partial charge in [0.05, 0.1) is 5.56 Å². The fraction of sp³-hybridized carbons (Fsp3) is 0.364. The maximum absolute atomic E-state index is 11.8. The van der Waals surface area contributed by atoms with Crippen LogP contribution in [0.1, 0.15) is 16.8 Å². The van der Waals surface area contributed by atoms with Gasteiger partial charge in [0, 0.05) is 29.5 Å². The van der Waals surface area contributed by atoms with Crippen LogP contribution >= 0.6 is 27.5 Å². The first-order chi connectivity index (χ1) is 8.15. The Labute approximate surface area is 112 Å². The predicted molar refractivity (Wildman–Crippen MR) is 68.5 cm³/mol. The van der Waals surface area contributed by atoms with Crippen molar-refractivity contribution in [3.8, 4) is 0 Å². The van der Waals surface area contributed by atoms with Crippen molar-refractivity contribution >= 4 is 45.5 Å². The molecule has 0 N–H and O–H groups in total. The number of amides is 1. The topological polar surface area (TPSA) is 50.3 Å². The quantitative estimate of drug-likeness (QED) is 0.634. The molecule has 6 heteroatoms. The molecule has 90 valence electrons. The number of pyridine rings is 1. The summed E-state index contributed by atoms with van der Waals surface area (Å²) in [5.41, 5.74) is 0.406. The van der Waals surface area contributed by atoms with E-state index in [1.54, 1.807) is 12.3 Å². The highest BCUT2D eigenvalue weighted by molar-refractivity contribution is 9.10. The van der Waals surface area contributed by atoms with Crippen LogP contribution in [0.15, 0.2) is 16.7 Å². The summed E-state index contributed by atoms with van der Waals surface area (Å²) in [6.45, 7) is 0.526. The number of aldehydes is 1. The minimum Gasteiger partial charge on any atom is -0.298 e. The van der Waals surface area contributed by atoms with E-state index in [1.165, 1.54) is 4.90 Å². The van der Waals surface area contributed by atoms with Crippen molar-refractivity contribution in [2.24, 2.45) is 5.92 Å². The second-order valence-corrected chi connectivity index (χ2v) is 5.14. The molecular formula is C11H10BrClN2O2. The zero-order valence-corrected chi connectivity index (χ0v) is 11.2. The molecular weight excluding hydrogens is 307 g/mol. The average Bonchev–Trinajstić information content (AvgIpc) is 2.70. The third kappa shape index (κ3) is 2.50. The fourth-order valence-corrected chi connectivity index (χ4v) is 2.41. The van der Waals surface area contributed by atoms with Gasteiger partial charge in [-0.1, -0.05) is 0 Å². The van der Waals surface area contributed by atoms with Gasteiger partial charge in [0.25, 0.3) is 0 Å². The van der Waals surface area contributed by atoms with Gasteiger partial charge in [0.15, 0.2) is 6.29 Å². The molecule has 1 aromatic heterocycles. The van der Waals surface area contributed by atoms with Crippen LogP contribution in [0.2, 0.25) is 0 Å². The Morgan fingerprint density at radius 3 is 3.00 bits per heavy atom. The Morgan fingerprint density at radius 1 is 1.65 bits per heavy atom. The van der Waals surface area contributed by atoms with Crippen LogP contribution in [0.4, 0.5) is 5.82 Å². The number of aromatic nitrogens is 1. The smallest absolute Gasteiger partial charge is 0.228 e. The van der Waals surface area contributed by atoms with Gasteiger partial charge in [-0.05, 0) is 27.9 Å². The lowest BCUT2D eigenvalue weighted by molar-refractivity contribution is -0.117. The lowest BCUT2D eigenvalue weighted by Gasteiger charge is -2.16. The van der Waals surface area contributed by atoms with Gasteiger partial charge < -0.3 is 0 Å². The summed E-state index contributed by atoms with van der Waals surface area (Å²) >= 11 is 8.99. The molecule has 0 bridgehead atoms. The lowest BCUT2D eigenvalue weighted by Crippen LogP contribution is -2.26. The number of nitrogens with zero attached hydrogens (tertiary/aromatic N) is 2. The van der Waals surface area contributed by atoms with Gasteiger partial charge in [0.1, 0.15) is 5.82 Å². The van der Waals surface area contributed by atoms with Crippen molar-refractivity contribution in [3.05, 3.63) is 22.3 Å². The first-order valence-electron chi connectivity index (χ1n) is 5.12. The van der Waals surface area contributed by atoms with Gasteiger partial charge >= 0.3 is 0 Å². The predicted octanol–water partition coefficient (Wildman–Crippen LogP) is 2.25. The fourth-order valence-electron chi connectivity index (χ4n) is 1.85. The normalized spacial score (nSPS) is 19.8. The minimum absolute atomic E-state index is 0.0337. The number of halogens is 2. The molecule has 1 aromatic rings. The van der Waals surface area contributed by atoms with Crippen LogP contribution in [-0.2, 0) is 4.79 Å². The van der Waals surface area contributed by atoms with Crippen LogP contribution in [0, 0.1) is 5.92 Å². The van der Waals surface area contributed by atoms with Crippen LogP contribution in [0.5, 0.6) is 0 Å². The highest BCUT2D eigenvalue weighted by atomic mass is 79.9. The summed E-state index contributed by atoms with van der Waals surface area (Å²) in [5, 5.41) is 0. The Kier molecular flexibility index (Phi) is 3.79. The van der Waals surface area contributed by atoms with Crippen molar-refractivity contribution in [1.82, 2.24) is 4.98 Å². The van der Waals surface area contributed by atoms with Crippen LogP contribution in [0.3, 0.4) is 0 Å². The molecule has 4 nitrogen and oxygen atoms in total. The Balaban J connectivity index is 2.34. The summed E-state index contributed by atoms with van der Waals surface area (Å²) in [7, 11) is 0. The van der Waals surface area contributed by atoms with E-state index in [4.69, 9.17) is 11.6 Å². The number of hydrogen-bond acceptors (Lipinski definition) is 3. The largest absolute Gasteiger partial charge is 0.298 e. The number of anilines is 1. The minimum atomic E-state index is -0.0337. The van der Waals surface area contributed by atoms with E-state index in [9.17, 15) is 9.59 Å². The van der Waals surface area contributed by atoms with E-state index >= 15 is 0 Å². The average molecular weight is 318 g/mol. The molecule has 1 unspecified atom stereocenters. The summed E-state index contributed by atoms with van der Waals surface area (Å²) < 4.78 is 0.712. The zero-order chi connectivity index (χ0) is 12.4. The number of carbonyl (C=O) groups excluding carboxylic acids is 2. The maximum atomic E-state index is 11.8. The summed E-state index contributed by atoms with van der Waals surface area (Å²) in [6.07, 6.45) is 2.69. The molecule has 17 heavy (non-hydrogen) atoms. The van der Waals surface area contributed by atoms with E-state index in [2.05, 4.69) is 20.9 Å². The highest BCUT2D eigenvalue weighted by Crippen LogP contribution is 2.27. The second kappa shape index (κ2) is 5.14. The molecule has 0 saturated carbocycles. The molecule has 1 atom stereocenters. The zero-order valence-electron chi connectivity index (χ0n) is 8.90. The molecule has 1 amide bonds. The van der Waals surface area contributed by atoms with Crippen LogP contribution < -0.4 is 4.90 Å². The molecule has 0 radical (unpaired) electrons. The van der Waals surface area contributed by atoms with Crippen molar-refractivity contribution in [3.63, 3.8) is 0 Å². The number of alkyl halides is 1. The Bertz CT molecular complexity index is 467.